The highest BCUT2D eigenvalue weighted by atomic mass is 35.5. The summed E-state index contributed by atoms with van der Waals surface area (Å²) in [4.78, 5) is 4.54. The van der Waals surface area contributed by atoms with Crippen molar-refractivity contribution in [2.45, 2.75) is 6.92 Å². The predicted molar refractivity (Wildman–Crippen MR) is 85.5 cm³/mol. The van der Waals surface area contributed by atoms with Gasteiger partial charge >= 0.3 is 0 Å². The maximum Gasteiger partial charge on any atom is 0.188 e. The van der Waals surface area contributed by atoms with Crippen LogP contribution in [0.4, 0.5) is 10.8 Å². The highest BCUT2D eigenvalue weighted by Gasteiger charge is 2.07. The molecular formula is C15H13ClN2OS. The maximum atomic E-state index is 6.13. The van der Waals surface area contributed by atoms with Crippen LogP contribution in [0.15, 0.2) is 42.5 Å². The van der Waals surface area contributed by atoms with Gasteiger partial charge in [0.05, 0.1) is 27.5 Å². The number of fused-ring (bicyclic) bond motifs is 1. The Hall–Kier alpha value is -1.78. The zero-order valence-electron chi connectivity index (χ0n) is 10.9. The standard InChI is InChI=1S/C15H13ClN2OS/c1-2-19-10-7-8-13-14(9-10)20-15(18-13)17-12-6-4-3-5-11(12)16/h3-9H,2H2,1H3,(H,17,18). The number of anilines is 2. The van der Waals surface area contributed by atoms with Crippen LogP contribution in [0.25, 0.3) is 10.2 Å². The summed E-state index contributed by atoms with van der Waals surface area (Å²) in [5.41, 5.74) is 1.81. The Morgan fingerprint density at radius 2 is 2.10 bits per heavy atom. The second-order valence-electron chi connectivity index (χ2n) is 4.19. The number of halogens is 1. The molecule has 0 saturated heterocycles. The zero-order chi connectivity index (χ0) is 13.9. The van der Waals surface area contributed by atoms with Crippen molar-refractivity contribution in [2.75, 3.05) is 11.9 Å². The summed E-state index contributed by atoms with van der Waals surface area (Å²) in [6.45, 7) is 2.64. The van der Waals surface area contributed by atoms with E-state index in [4.69, 9.17) is 16.3 Å². The van der Waals surface area contributed by atoms with Crippen LogP contribution < -0.4 is 10.1 Å². The molecule has 3 rings (SSSR count). The van der Waals surface area contributed by atoms with Crippen molar-refractivity contribution < 1.29 is 4.74 Å². The Morgan fingerprint density at radius 3 is 2.90 bits per heavy atom. The van der Waals surface area contributed by atoms with Crippen molar-refractivity contribution in [1.29, 1.82) is 0 Å². The number of nitrogens with one attached hydrogen (secondary N) is 1. The summed E-state index contributed by atoms with van der Waals surface area (Å²) >= 11 is 7.71. The second kappa shape index (κ2) is 5.69. The van der Waals surface area contributed by atoms with E-state index in [0.29, 0.717) is 11.6 Å². The lowest BCUT2D eigenvalue weighted by molar-refractivity contribution is 0.341. The van der Waals surface area contributed by atoms with E-state index in [9.17, 15) is 0 Å². The molecule has 0 bridgehead atoms. The van der Waals surface area contributed by atoms with Gasteiger partial charge in [-0.25, -0.2) is 4.98 Å². The predicted octanol–water partition coefficient (Wildman–Crippen LogP) is 5.09. The van der Waals surface area contributed by atoms with E-state index < -0.39 is 0 Å². The van der Waals surface area contributed by atoms with E-state index in [2.05, 4.69) is 10.3 Å². The molecule has 1 heterocycles. The first-order valence-corrected chi connectivity index (χ1v) is 7.50. The number of benzene rings is 2. The van der Waals surface area contributed by atoms with Gasteiger partial charge in [-0.2, -0.15) is 0 Å². The molecule has 0 aliphatic carbocycles. The molecule has 0 aliphatic heterocycles. The first-order chi connectivity index (χ1) is 9.76. The van der Waals surface area contributed by atoms with Crippen LogP contribution in [-0.4, -0.2) is 11.6 Å². The average molecular weight is 305 g/mol. The lowest BCUT2D eigenvalue weighted by Crippen LogP contribution is -1.90. The van der Waals surface area contributed by atoms with E-state index in [-0.39, 0.29) is 0 Å². The Balaban J connectivity index is 1.91. The number of hydrogen-bond acceptors (Lipinski definition) is 4. The first kappa shape index (κ1) is 13.2. The van der Waals surface area contributed by atoms with E-state index in [1.54, 1.807) is 11.3 Å². The fraction of sp³-hybridized carbons (Fsp3) is 0.133. The third-order valence-electron chi connectivity index (χ3n) is 2.79. The molecule has 2 aromatic carbocycles. The zero-order valence-corrected chi connectivity index (χ0v) is 12.5. The lowest BCUT2D eigenvalue weighted by Gasteiger charge is -2.03. The van der Waals surface area contributed by atoms with Crippen LogP contribution in [0.2, 0.25) is 5.02 Å². The summed E-state index contributed by atoms with van der Waals surface area (Å²) in [5, 5.41) is 4.75. The maximum absolute atomic E-state index is 6.13. The number of rotatable bonds is 4. The molecule has 0 fully saturated rings. The summed E-state index contributed by atoms with van der Waals surface area (Å²) in [6.07, 6.45) is 0. The lowest BCUT2D eigenvalue weighted by atomic mass is 10.3. The molecule has 0 amide bonds. The highest BCUT2D eigenvalue weighted by Crippen LogP contribution is 2.32. The van der Waals surface area contributed by atoms with Crippen molar-refractivity contribution in [2.24, 2.45) is 0 Å². The van der Waals surface area contributed by atoms with E-state index >= 15 is 0 Å². The number of ether oxygens (including phenoxy) is 1. The molecule has 20 heavy (non-hydrogen) atoms. The average Bonchev–Trinajstić information content (AvgIpc) is 2.83. The molecule has 0 spiro atoms. The molecule has 0 atom stereocenters. The monoisotopic (exact) mass is 304 g/mol. The van der Waals surface area contributed by atoms with E-state index in [1.807, 2.05) is 49.4 Å². The molecule has 0 saturated carbocycles. The van der Waals surface area contributed by atoms with Crippen molar-refractivity contribution in [3.05, 3.63) is 47.5 Å². The quantitative estimate of drug-likeness (QED) is 0.729. The van der Waals surface area contributed by atoms with Gasteiger partial charge in [-0.3, -0.25) is 0 Å². The molecule has 0 radical (unpaired) electrons. The van der Waals surface area contributed by atoms with Crippen LogP contribution in [-0.2, 0) is 0 Å². The molecule has 102 valence electrons. The van der Waals surface area contributed by atoms with Crippen molar-refractivity contribution in [3.63, 3.8) is 0 Å². The summed E-state index contributed by atoms with van der Waals surface area (Å²) in [5.74, 6) is 0.868. The molecule has 0 unspecified atom stereocenters. The highest BCUT2D eigenvalue weighted by molar-refractivity contribution is 7.22. The van der Waals surface area contributed by atoms with Crippen molar-refractivity contribution in [3.8, 4) is 5.75 Å². The van der Waals surface area contributed by atoms with Gasteiger partial charge in [-0.05, 0) is 37.3 Å². The second-order valence-corrected chi connectivity index (χ2v) is 5.62. The molecule has 0 aliphatic rings. The van der Waals surface area contributed by atoms with Gasteiger partial charge in [-0.15, -0.1) is 0 Å². The van der Waals surface area contributed by atoms with Gasteiger partial charge in [0, 0.05) is 0 Å². The van der Waals surface area contributed by atoms with Gasteiger partial charge in [0.1, 0.15) is 5.75 Å². The Labute approximate surface area is 126 Å². The Bertz CT molecular complexity index is 742. The number of para-hydroxylation sites is 1. The first-order valence-electron chi connectivity index (χ1n) is 6.31. The molecule has 3 nitrogen and oxygen atoms in total. The normalized spacial score (nSPS) is 10.7. The molecular weight excluding hydrogens is 292 g/mol. The SMILES string of the molecule is CCOc1ccc2nc(Nc3ccccc3Cl)sc2c1. The molecule has 1 N–H and O–H groups in total. The number of nitrogens with zero attached hydrogens (tertiary/aromatic N) is 1. The number of thiazole rings is 1. The Kier molecular flexibility index (Phi) is 3.76. The minimum absolute atomic E-state index is 0.662. The third-order valence-corrected chi connectivity index (χ3v) is 4.05. The minimum atomic E-state index is 0.662. The van der Waals surface area contributed by atoms with E-state index in [0.717, 1.165) is 26.8 Å². The summed E-state index contributed by atoms with van der Waals surface area (Å²) < 4.78 is 6.59. The van der Waals surface area contributed by atoms with Gasteiger partial charge in [0.15, 0.2) is 5.13 Å². The van der Waals surface area contributed by atoms with Gasteiger partial charge in [0.25, 0.3) is 0 Å². The van der Waals surface area contributed by atoms with Crippen LogP contribution in [0.3, 0.4) is 0 Å². The fourth-order valence-electron chi connectivity index (χ4n) is 1.89. The summed E-state index contributed by atoms with van der Waals surface area (Å²) in [6, 6.07) is 13.5. The van der Waals surface area contributed by atoms with Crippen LogP contribution in [0.5, 0.6) is 5.75 Å². The van der Waals surface area contributed by atoms with Gasteiger partial charge < -0.3 is 10.1 Å². The van der Waals surface area contributed by atoms with Gasteiger partial charge in [-0.1, -0.05) is 35.1 Å². The number of aromatic nitrogens is 1. The molecule has 3 aromatic rings. The Morgan fingerprint density at radius 1 is 1.25 bits per heavy atom. The van der Waals surface area contributed by atoms with Crippen LogP contribution >= 0.6 is 22.9 Å². The number of hydrogen-bond donors (Lipinski definition) is 1. The van der Waals surface area contributed by atoms with Crippen molar-refractivity contribution >= 4 is 44.0 Å². The third kappa shape index (κ3) is 2.71. The largest absolute Gasteiger partial charge is 0.494 e. The van der Waals surface area contributed by atoms with Crippen LogP contribution in [0, 0.1) is 0 Å². The van der Waals surface area contributed by atoms with Crippen LogP contribution in [0.1, 0.15) is 6.92 Å². The smallest absolute Gasteiger partial charge is 0.188 e. The molecule has 1 aromatic heterocycles. The van der Waals surface area contributed by atoms with Gasteiger partial charge in [0.2, 0.25) is 0 Å². The van der Waals surface area contributed by atoms with Crippen molar-refractivity contribution in [1.82, 2.24) is 4.98 Å². The summed E-state index contributed by atoms with van der Waals surface area (Å²) in [7, 11) is 0. The molecule has 5 heteroatoms. The topological polar surface area (TPSA) is 34.1 Å². The fourth-order valence-corrected chi connectivity index (χ4v) is 2.98. The minimum Gasteiger partial charge on any atom is -0.494 e. The van der Waals surface area contributed by atoms with E-state index in [1.165, 1.54) is 0 Å².